The van der Waals surface area contributed by atoms with Crippen LogP contribution in [0, 0.1) is 0 Å². The molecule has 4 heterocycles. The lowest BCUT2D eigenvalue weighted by Crippen LogP contribution is -2.00. The Morgan fingerprint density at radius 3 is 1.90 bits per heavy atom. The van der Waals surface area contributed by atoms with Gasteiger partial charge in [-0.05, 0) is 42.5 Å². The van der Waals surface area contributed by atoms with Gasteiger partial charge in [0.15, 0.2) is 17.5 Å². The molecule has 11 aromatic rings. The fraction of sp³-hybridized carbons (Fsp3) is 0. The second kappa shape index (κ2) is 10.9. The van der Waals surface area contributed by atoms with E-state index < -0.39 is 0 Å². The Morgan fingerprint density at radius 1 is 0.451 bits per heavy atom. The molecule has 0 saturated carbocycles. The van der Waals surface area contributed by atoms with Crippen LogP contribution in [0.1, 0.15) is 0 Å². The number of fused-ring (bicyclic) bond motifs is 9. The summed E-state index contributed by atoms with van der Waals surface area (Å²) in [5, 5.41) is 7.07. The highest BCUT2D eigenvalue weighted by Gasteiger charge is 2.20. The molecule has 51 heavy (non-hydrogen) atoms. The first-order valence-corrected chi connectivity index (χ1v) is 17.8. The van der Waals surface area contributed by atoms with Crippen LogP contribution in [0.5, 0.6) is 0 Å². The first-order chi connectivity index (χ1) is 25.3. The molecule has 0 radical (unpaired) electrons. The van der Waals surface area contributed by atoms with Crippen molar-refractivity contribution in [2.45, 2.75) is 0 Å². The molecule has 11 rings (SSSR count). The molecule has 0 saturated heterocycles. The second-order valence-corrected chi connectivity index (χ2v) is 13.9. The molecule has 0 N–H and O–H groups in total. The second-order valence-electron chi connectivity index (χ2n) is 12.8. The quantitative estimate of drug-likeness (QED) is 0.187. The Labute approximate surface area is 295 Å². The maximum absolute atomic E-state index is 6.42. The van der Waals surface area contributed by atoms with E-state index in [1.165, 1.54) is 47.7 Å². The number of para-hydroxylation sites is 4. The number of nitrogens with zero attached hydrogens (tertiary/aromatic N) is 4. The Morgan fingerprint density at radius 2 is 1.10 bits per heavy atom. The van der Waals surface area contributed by atoms with Crippen molar-refractivity contribution in [3.8, 4) is 39.9 Å². The van der Waals surface area contributed by atoms with Gasteiger partial charge in [-0.15, -0.1) is 11.3 Å². The molecule has 7 aromatic carbocycles. The van der Waals surface area contributed by atoms with Crippen molar-refractivity contribution in [2.24, 2.45) is 0 Å². The van der Waals surface area contributed by atoms with Gasteiger partial charge in [0.05, 0.1) is 22.3 Å². The van der Waals surface area contributed by atoms with E-state index in [1.807, 2.05) is 60.7 Å². The summed E-state index contributed by atoms with van der Waals surface area (Å²) in [7, 11) is 0. The van der Waals surface area contributed by atoms with E-state index in [0.29, 0.717) is 17.5 Å². The number of hydrogen-bond acceptors (Lipinski definition) is 5. The van der Waals surface area contributed by atoms with Gasteiger partial charge in [-0.25, -0.2) is 15.0 Å². The lowest BCUT2D eigenvalue weighted by atomic mass is 10.1. The Balaban J connectivity index is 1.12. The van der Waals surface area contributed by atoms with E-state index in [-0.39, 0.29) is 0 Å². The first-order valence-electron chi connectivity index (χ1n) is 16.9. The van der Waals surface area contributed by atoms with Gasteiger partial charge in [0.1, 0.15) is 11.2 Å². The summed E-state index contributed by atoms with van der Waals surface area (Å²) >= 11 is 1.80. The van der Waals surface area contributed by atoms with Gasteiger partial charge in [0.2, 0.25) is 0 Å². The predicted octanol–water partition coefficient (Wildman–Crippen LogP) is 12.2. The summed E-state index contributed by atoms with van der Waals surface area (Å²) in [6.07, 6.45) is 0. The number of rotatable bonds is 4. The molecule has 5 nitrogen and oxygen atoms in total. The fourth-order valence-electron chi connectivity index (χ4n) is 7.58. The number of aromatic nitrogens is 4. The third kappa shape index (κ3) is 4.30. The summed E-state index contributed by atoms with van der Waals surface area (Å²) in [6, 6.07) is 55.0. The number of furan rings is 1. The van der Waals surface area contributed by atoms with Crippen LogP contribution in [0.4, 0.5) is 0 Å². The predicted molar refractivity (Wildman–Crippen MR) is 211 cm³/mol. The summed E-state index contributed by atoms with van der Waals surface area (Å²) in [5.41, 5.74) is 7.89. The molecule has 0 aliphatic carbocycles. The monoisotopic (exact) mass is 670 g/mol. The van der Waals surface area contributed by atoms with E-state index in [4.69, 9.17) is 19.4 Å². The largest absolute Gasteiger partial charge is 0.455 e. The standard InChI is InChI=1S/C45H26N4OS/c1-2-12-27(13-3-1)43-46-44(48-45(47-43)34-18-10-17-32-31-16-6-9-22-38(31)50-42(32)34)28-24-25-33-40(26-28)51-39-23-11-21-37(41(33)39)49-35-19-7-4-14-29(35)30-15-5-8-20-36(30)49/h1-26H. The van der Waals surface area contributed by atoms with Crippen LogP contribution in [0.3, 0.4) is 0 Å². The molecule has 0 bridgehead atoms. The minimum Gasteiger partial charge on any atom is -0.455 e. The molecule has 6 heteroatoms. The van der Waals surface area contributed by atoms with E-state index >= 15 is 0 Å². The normalized spacial score (nSPS) is 11.9. The third-order valence-electron chi connectivity index (χ3n) is 9.87. The van der Waals surface area contributed by atoms with Gasteiger partial charge < -0.3 is 8.98 Å². The van der Waals surface area contributed by atoms with E-state index in [9.17, 15) is 0 Å². The third-order valence-corrected chi connectivity index (χ3v) is 11.0. The van der Waals surface area contributed by atoms with Crippen molar-refractivity contribution < 1.29 is 4.42 Å². The molecular weight excluding hydrogens is 645 g/mol. The van der Waals surface area contributed by atoms with Crippen molar-refractivity contribution in [1.29, 1.82) is 0 Å². The van der Waals surface area contributed by atoms with Crippen LogP contribution < -0.4 is 0 Å². The molecule has 0 atom stereocenters. The molecule has 4 aromatic heterocycles. The highest BCUT2D eigenvalue weighted by Crippen LogP contribution is 2.42. The topological polar surface area (TPSA) is 56.7 Å². The number of thiophene rings is 1. The van der Waals surface area contributed by atoms with Gasteiger partial charge in [0, 0.05) is 52.8 Å². The molecule has 0 amide bonds. The molecule has 0 spiro atoms. The van der Waals surface area contributed by atoms with Gasteiger partial charge in [-0.2, -0.15) is 0 Å². The fourth-order valence-corrected chi connectivity index (χ4v) is 8.75. The summed E-state index contributed by atoms with van der Waals surface area (Å²) in [5.74, 6) is 1.82. The van der Waals surface area contributed by atoms with Gasteiger partial charge in [-0.1, -0.05) is 115 Å². The Hall–Kier alpha value is -6.63. The molecule has 0 aliphatic heterocycles. The van der Waals surface area contributed by atoms with E-state index in [1.54, 1.807) is 11.3 Å². The van der Waals surface area contributed by atoms with Crippen molar-refractivity contribution >= 4 is 75.3 Å². The zero-order chi connectivity index (χ0) is 33.5. The number of benzene rings is 7. The molecule has 0 fully saturated rings. The summed E-state index contributed by atoms with van der Waals surface area (Å²) < 4.78 is 11.2. The zero-order valence-corrected chi connectivity index (χ0v) is 27.9. The first kappa shape index (κ1) is 28.2. The van der Waals surface area contributed by atoms with Crippen molar-refractivity contribution in [2.75, 3.05) is 0 Å². The van der Waals surface area contributed by atoms with Gasteiger partial charge >= 0.3 is 0 Å². The Kier molecular flexibility index (Phi) is 6.05. The van der Waals surface area contributed by atoms with E-state index in [0.717, 1.165) is 38.6 Å². The molecule has 0 unspecified atom stereocenters. The van der Waals surface area contributed by atoms with Crippen LogP contribution in [-0.4, -0.2) is 19.5 Å². The minimum atomic E-state index is 0.577. The van der Waals surface area contributed by atoms with Crippen LogP contribution >= 0.6 is 11.3 Å². The molecular formula is C45H26N4OS. The Bertz CT molecular complexity index is 3100. The van der Waals surface area contributed by atoms with Crippen molar-refractivity contribution in [3.05, 3.63) is 158 Å². The van der Waals surface area contributed by atoms with Crippen LogP contribution in [0.15, 0.2) is 162 Å². The molecule has 238 valence electrons. The highest BCUT2D eigenvalue weighted by atomic mass is 32.1. The van der Waals surface area contributed by atoms with Crippen molar-refractivity contribution in [3.63, 3.8) is 0 Å². The average molecular weight is 671 g/mol. The van der Waals surface area contributed by atoms with Crippen molar-refractivity contribution in [1.82, 2.24) is 19.5 Å². The smallest absolute Gasteiger partial charge is 0.167 e. The van der Waals surface area contributed by atoms with E-state index in [2.05, 4.69) is 102 Å². The van der Waals surface area contributed by atoms with Gasteiger partial charge in [0.25, 0.3) is 0 Å². The van der Waals surface area contributed by atoms with Crippen LogP contribution in [-0.2, 0) is 0 Å². The summed E-state index contributed by atoms with van der Waals surface area (Å²) in [4.78, 5) is 15.2. The summed E-state index contributed by atoms with van der Waals surface area (Å²) in [6.45, 7) is 0. The zero-order valence-electron chi connectivity index (χ0n) is 27.1. The van der Waals surface area contributed by atoms with Gasteiger partial charge in [-0.3, -0.25) is 0 Å². The lowest BCUT2D eigenvalue weighted by molar-refractivity contribution is 0.669. The van der Waals surface area contributed by atoms with Crippen LogP contribution in [0.2, 0.25) is 0 Å². The molecule has 0 aliphatic rings. The SMILES string of the molecule is c1ccc(-c2nc(-c3ccc4c(c3)sc3cccc(-n5c6ccccc6c6ccccc65)c34)nc(-c3cccc4c3oc3ccccc34)n2)cc1. The minimum absolute atomic E-state index is 0.577. The highest BCUT2D eigenvalue weighted by molar-refractivity contribution is 7.26. The maximum Gasteiger partial charge on any atom is 0.167 e. The van der Waals surface area contributed by atoms with Crippen LogP contribution in [0.25, 0.3) is 104 Å². The maximum atomic E-state index is 6.42. The lowest BCUT2D eigenvalue weighted by Gasteiger charge is -2.10. The number of hydrogen-bond donors (Lipinski definition) is 0. The average Bonchev–Trinajstić information content (AvgIpc) is 3.87.